The Morgan fingerprint density at radius 3 is 2.77 bits per heavy atom. The minimum absolute atomic E-state index is 0.642. The molecule has 2 aromatic rings. The molecule has 0 aliphatic carbocycles. The molecule has 0 spiro atoms. The summed E-state index contributed by atoms with van der Waals surface area (Å²) in [5.41, 5.74) is 4.17. The lowest BCUT2D eigenvalue weighted by Gasteiger charge is -1.99. The molecule has 0 amide bonds. The summed E-state index contributed by atoms with van der Waals surface area (Å²) in [6.45, 7) is 4.14. The highest BCUT2D eigenvalue weighted by Gasteiger charge is 2.03. The first-order chi connectivity index (χ1) is 6.22. The van der Waals surface area contributed by atoms with E-state index in [0.29, 0.717) is 5.69 Å². The molecule has 2 rings (SSSR count). The molecule has 0 saturated heterocycles. The van der Waals surface area contributed by atoms with Crippen molar-refractivity contribution in [2.24, 2.45) is 0 Å². The molecule has 0 aliphatic rings. The molecule has 1 heterocycles. The fourth-order valence-corrected chi connectivity index (χ4v) is 1.54. The van der Waals surface area contributed by atoms with Crippen molar-refractivity contribution < 1.29 is 4.79 Å². The van der Waals surface area contributed by atoms with Gasteiger partial charge in [0.25, 0.3) is 0 Å². The van der Waals surface area contributed by atoms with Crippen molar-refractivity contribution in [2.75, 3.05) is 0 Å². The van der Waals surface area contributed by atoms with Crippen LogP contribution >= 0.6 is 0 Å². The van der Waals surface area contributed by atoms with E-state index >= 15 is 0 Å². The molecular formula is C11H11NO. The minimum Gasteiger partial charge on any atom is -0.352 e. The third kappa shape index (κ3) is 1.15. The number of rotatable bonds is 1. The maximum atomic E-state index is 10.5. The average Bonchev–Trinajstić information content (AvgIpc) is 2.55. The first kappa shape index (κ1) is 8.05. The van der Waals surface area contributed by atoms with E-state index in [0.717, 1.165) is 17.2 Å². The molecule has 0 aliphatic heterocycles. The topological polar surface area (TPSA) is 32.9 Å². The molecule has 1 N–H and O–H groups in total. The Hall–Kier alpha value is -1.57. The molecule has 2 nitrogen and oxygen atoms in total. The molecule has 2 heteroatoms. The number of H-pyrrole nitrogens is 1. The zero-order valence-electron chi connectivity index (χ0n) is 7.72. The van der Waals surface area contributed by atoms with Gasteiger partial charge in [-0.2, -0.15) is 0 Å². The molecule has 0 fully saturated rings. The number of nitrogens with one attached hydrogen (secondary N) is 1. The number of aromatic nitrogens is 1. The van der Waals surface area contributed by atoms with Crippen molar-refractivity contribution in [3.63, 3.8) is 0 Å². The molecule has 0 bridgehead atoms. The Labute approximate surface area is 76.6 Å². The van der Waals surface area contributed by atoms with Gasteiger partial charge in [0, 0.05) is 10.9 Å². The van der Waals surface area contributed by atoms with E-state index < -0.39 is 0 Å². The predicted molar refractivity (Wildman–Crippen MR) is 53.2 cm³/mol. The number of fused-ring (bicyclic) bond motifs is 1. The van der Waals surface area contributed by atoms with Crippen LogP contribution in [0.4, 0.5) is 0 Å². The Morgan fingerprint density at radius 1 is 1.31 bits per heavy atom. The molecule has 1 aromatic carbocycles. The molecule has 0 saturated carbocycles. The SMILES string of the molecule is Cc1ccc2[nH]c(C=O)cc2c1C. The Morgan fingerprint density at radius 2 is 2.08 bits per heavy atom. The average molecular weight is 173 g/mol. The monoisotopic (exact) mass is 173 g/mol. The van der Waals surface area contributed by atoms with E-state index in [9.17, 15) is 4.79 Å². The van der Waals surface area contributed by atoms with Crippen LogP contribution in [0.25, 0.3) is 10.9 Å². The van der Waals surface area contributed by atoms with Crippen molar-refractivity contribution in [1.82, 2.24) is 4.98 Å². The maximum Gasteiger partial charge on any atom is 0.166 e. The smallest absolute Gasteiger partial charge is 0.166 e. The van der Waals surface area contributed by atoms with Gasteiger partial charge in [0.15, 0.2) is 6.29 Å². The van der Waals surface area contributed by atoms with E-state index in [4.69, 9.17) is 0 Å². The summed E-state index contributed by atoms with van der Waals surface area (Å²) in [5, 5.41) is 1.14. The quantitative estimate of drug-likeness (QED) is 0.660. The van der Waals surface area contributed by atoms with Gasteiger partial charge in [-0.15, -0.1) is 0 Å². The second-order valence-corrected chi connectivity index (χ2v) is 3.31. The molecule has 1 aromatic heterocycles. The first-order valence-corrected chi connectivity index (χ1v) is 4.26. The summed E-state index contributed by atoms with van der Waals surface area (Å²) < 4.78 is 0. The van der Waals surface area contributed by atoms with Crippen LogP contribution in [0.3, 0.4) is 0 Å². The van der Waals surface area contributed by atoms with Crippen molar-refractivity contribution in [3.8, 4) is 0 Å². The van der Waals surface area contributed by atoms with E-state index in [2.05, 4.69) is 24.9 Å². The molecule has 0 radical (unpaired) electrons. The van der Waals surface area contributed by atoms with Gasteiger partial charge in [0.05, 0.1) is 5.69 Å². The van der Waals surface area contributed by atoms with Gasteiger partial charge in [-0.3, -0.25) is 4.79 Å². The molecule has 0 atom stereocenters. The number of aromatic amines is 1. The number of carbonyl (C=O) groups is 1. The Kier molecular flexibility index (Phi) is 1.69. The second kappa shape index (κ2) is 2.73. The number of aldehydes is 1. The molecular weight excluding hydrogens is 162 g/mol. The fraction of sp³-hybridized carbons (Fsp3) is 0.182. The van der Waals surface area contributed by atoms with Gasteiger partial charge in [-0.1, -0.05) is 6.07 Å². The molecule has 0 unspecified atom stereocenters. The highest BCUT2D eigenvalue weighted by Crippen LogP contribution is 2.21. The van der Waals surface area contributed by atoms with E-state index in [-0.39, 0.29) is 0 Å². The second-order valence-electron chi connectivity index (χ2n) is 3.31. The Bertz CT molecular complexity index is 468. The summed E-state index contributed by atoms with van der Waals surface area (Å²) in [6, 6.07) is 5.96. The van der Waals surface area contributed by atoms with Gasteiger partial charge < -0.3 is 4.98 Å². The van der Waals surface area contributed by atoms with Crippen molar-refractivity contribution in [1.29, 1.82) is 0 Å². The third-order valence-electron chi connectivity index (χ3n) is 2.49. The van der Waals surface area contributed by atoms with Crippen LogP contribution in [0, 0.1) is 13.8 Å². The van der Waals surface area contributed by atoms with Crippen LogP contribution in [0.15, 0.2) is 18.2 Å². The zero-order valence-corrected chi connectivity index (χ0v) is 7.72. The van der Waals surface area contributed by atoms with Crippen LogP contribution in [-0.4, -0.2) is 11.3 Å². The number of carbonyl (C=O) groups excluding carboxylic acids is 1. The normalized spacial score (nSPS) is 10.6. The van der Waals surface area contributed by atoms with Crippen LogP contribution in [0.2, 0.25) is 0 Å². The largest absolute Gasteiger partial charge is 0.352 e. The highest BCUT2D eigenvalue weighted by atomic mass is 16.1. The van der Waals surface area contributed by atoms with Crippen LogP contribution in [-0.2, 0) is 0 Å². The number of hydrogen-bond donors (Lipinski definition) is 1. The minimum atomic E-state index is 0.642. The first-order valence-electron chi connectivity index (χ1n) is 4.26. The summed E-state index contributed by atoms with van der Waals surface area (Å²) in [4.78, 5) is 13.6. The van der Waals surface area contributed by atoms with Crippen LogP contribution in [0.1, 0.15) is 21.6 Å². The van der Waals surface area contributed by atoms with Crippen LogP contribution in [0.5, 0.6) is 0 Å². The standard InChI is InChI=1S/C11H11NO/c1-7-3-4-11-10(8(7)2)5-9(6-13)12-11/h3-6,12H,1-2H3. The summed E-state index contributed by atoms with van der Waals surface area (Å²) in [5.74, 6) is 0. The van der Waals surface area contributed by atoms with Crippen molar-refractivity contribution in [2.45, 2.75) is 13.8 Å². The van der Waals surface area contributed by atoms with E-state index in [1.165, 1.54) is 11.1 Å². The molecule has 66 valence electrons. The third-order valence-corrected chi connectivity index (χ3v) is 2.49. The highest BCUT2D eigenvalue weighted by molar-refractivity contribution is 5.90. The lowest BCUT2D eigenvalue weighted by atomic mass is 10.1. The van der Waals surface area contributed by atoms with Gasteiger partial charge >= 0.3 is 0 Å². The summed E-state index contributed by atoms with van der Waals surface area (Å²) >= 11 is 0. The Balaban J connectivity index is 2.83. The maximum absolute atomic E-state index is 10.5. The lowest BCUT2D eigenvalue weighted by molar-refractivity contribution is 0.112. The molecule has 13 heavy (non-hydrogen) atoms. The van der Waals surface area contributed by atoms with E-state index in [1.807, 2.05) is 12.1 Å². The van der Waals surface area contributed by atoms with Crippen LogP contribution < -0.4 is 0 Å². The van der Waals surface area contributed by atoms with Crippen molar-refractivity contribution >= 4 is 17.2 Å². The van der Waals surface area contributed by atoms with Crippen molar-refractivity contribution in [3.05, 3.63) is 35.0 Å². The predicted octanol–water partition coefficient (Wildman–Crippen LogP) is 2.60. The summed E-state index contributed by atoms with van der Waals surface area (Å²) in [6.07, 6.45) is 0.842. The summed E-state index contributed by atoms with van der Waals surface area (Å²) in [7, 11) is 0. The van der Waals surface area contributed by atoms with Gasteiger partial charge in [0.2, 0.25) is 0 Å². The fourth-order valence-electron chi connectivity index (χ4n) is 1.54. The number of benzene rings is 1. The van der Waals surface area contributed by atoms with Gasteiger partial charge in [-0.25, -0.2) is 0 Å². The van der Waals surface area contributed by atoms with E-state index in [1.54, 1.807) is 0 Å². The zero-order chi connectivity index (χ0) is 9.42. The van der Waals surface area contributed by atoms with Gasteiger partial charge in [-0.05, 0) is 37.1 Å². The van der Waals surface area contributed by atoms with Gasteiger partial charge in [0.1, 0.15) is 0 Å². The number of aryl methyl sites for hydroxylation is 2. The number of hydrogen-bond acceptors (Lipinski definition) is 1. The lowest BCUT2D eigenvalue weighted by Crippen LogP contribution is -1.79.